The molecule has 1 N–H and O–H groups in total. The van der Waals surface area contributed by atoms with E-state index < -0.39 is 5.60 Å². The molecule has 0 bridgehead atoms. The van der Waals surface area contributed by atoms with E-state index in [1.807, 2.05) is 12.1 Å². The smallest absolute Gasteiger partial charge is 0.137 e. The van der Waals surface area contributed by atoms with Gasteiger partial charge in [-0.25, -0.2) is 9.67 Å². The van der Waals surface area contributed by atoms with Gasteiger partial charge in [-0.05, 0) is 41.5 Å². The third-order valence-corrected chi connectivity index (χ3v) is 5.27. The molecule has 22 heavy (non-hydrogen) atoms. The van der Waals surface area contributed by atoms with Crippen LogP contribution in [0.5, 0.6) is 0 Å². The lowest BCUT2D eigenvalue weighted by Crippen LogP contribution is -2.45. The number of halogens is 1. The van der Waals surface area contributed by atoms with Crippen LogP contribution < -0.4 is 0 Å². The van der Waals surface area contributed by atoms with Gasteiger partial charge in [0.1, 0.15) is 18.3 Å². The molecule has 1 saturated carbocycles. The molecule has 4 nitrogen and oxygen atoms in total. The number of benzene rings is 1. The van der Waals surface area contributed by atoms with Crippen LogP contribution in [0.25, 0.3) is 6.08 Å². The van der Waals surface area contributed by atoms with Crippen molar-refractivity contribution in [1.29, 1.82) is 0 Å². The molecule has 116 valence electrons. The van der Waals surface area contributed by atoms with Gasteiger partial charge in [-0.2, -0.15) is 5.10 Å². The number of hydrogen-bond donors (Lipinski definition) is 1. The van der Waals surface area contributed by atoms with Crippen LogP contribution in [-0.2, 0) is 6.54 Å². The minimum absolute atomic E-state index is 0.194. The lowest BCUT2D eigenvalue weighted by molar-refractivity contribution is -0.0298. The van der Waals surface area contributed by atoms with Crippen molar-refractivity contribution in [3.05, 3.63) is 52.5 Å². The van der Waals surface area contributed by atoms with E-state index in [-0.39, 0.29) is 5.41 Å². The van der Waals surface area contributed by atoms with E-state index in [1.54, 1.807) is 11.0 Å². The Labute approximate surface area is 139 Å². The Bertz CT molecular complexity index is 676. The molecule has 2 aromatic rings. The zero-order chi connectivity index (χ0) is 15.8. The van der Waals surface area contributed by atoms with E-state index >= 15 is 0 Å². The van der Waals surface area contributed by atoms with E-state index in [0.29, 0.717) is 6.54 Å². The first-order valence-corrected chi connectivity index (χ1v) is 8.21. The Hall–Kier alpha value is -1.46. The summed E-state index contributed by atoms with van der Waals surface area (Å²) >= 11 is 3.45. The third kappa shape index (κ3) is 2.75. The predicted octanol–water partition coefficient (Wildman–Crippen LogP) is 3.68. The first-order valence-electron chi connectivity index (χ1n) is 7.42. The number of rotatable bonds is 3. The van der Waals surface area contributed by atoms with Crippen LogP contribution >= 0.6 is 15.9 Å². The molecule has 5 heteroatoms. The summed E-state index contributed by atoms with van der Waals surface area (Å²) in [5, 5.41) is 15.6. The van der Waals surface area contributed by atoms with Gasteiger partial charge in [0.05, 0.1) is 6.54 Å². The molecule has 1 fully saturated rings. The highest BCUT2D eigenvalue weighted by Gasteiger charge is 2.51. The zero-order valence-corrected chi connectivity index (χ0v) is 14.4. The van der Waals surface area contributed by atoms with E-state index in [9.17, 15) is 5.11 Å². The summed E-state index contributed by atoms with van der Waals surface area (Å²) < 4.78 is 2.77. The van der Waals surface area contributed by atoms with Gasteiger partial charge in [0.2, 0.25) is 0 Å². The summed E-state index contributed by atoms with van der Waals surface area (Å²) in [6.07, 6.45) is 7.12. The fourth-order valence-electron chi connectivity index (χ4n) is 3.11. The summed E-state index contributed by atoms with van der Waals surface area (Å²) in [7, 11) is 0. The average Bonchev–Trinajstić information content (AvgIpc) is 3.04. The van der Waals surface area contributed by atoms with Crippen LogP contribution in [0.2, 0.25) is 0 Å². The summed E-state index contributed by atoms with van der Waals surface area (Å²) in [6.45, 7) is 4.67. The van der Waals surface area contributed by atoms with E-state index in [1.165, 1.54) is 6.33 Å². The van der Waals surface area contributed by atoms with Crippen LogP contribution in [-0.4, -0.2) is 25.5 Å². The molecular formula is C17H20BrN3O. The monoisotopic (exact) mass is 361 g/mol. The van der Waals surface area contributed by atoms with Crippen molar-refractivity contribution in [2.24, 2.45) is 5.41 Å². The Kier molecular flexibility index (Phi) is 3.95. The van der Waals surface area contributed by atoms with E-state index in [2.05, 4.69) is 58.1 Å². The second kappa shape index (κ2) is 5.63. The molecule has 0 radical (unpaired) electrons. The number of nitrogens with zero attached hydrogens (tertiary/aromatic N) is 3. The molecule has 0 saturated heterocycles. The van der Waals surface area contributed by atoms with Crippen LogP contribution in [0.15, 0.2) is 47.0 Å². The lowest BCUT2D eigenvalue weighted by atomic mass is 9.76. The molecule has 1 aliphatic carbocycles. The summed E-state index contributed by atoms with van der Waals surface area (Å²) in [5.41, 5.74) is 1.07. The fraction of sp³-hybridized carbons (Fsp3) is 0.412. The highest BCUT2D eigenvalue weighted by molar-refractivity contribution is 9.10. The first kappa shape index (κ1) is 15.4. The van der Waals surface area contributed by atoms with E-state index in [4.69, 9.17) is 0 Å². The lowest BCUT2D eigenvalue weighted by Gasteiger charge is -2.37. The van der Waals surface area contributed by atoms with Crippen molar-refractivity contribution in [2.45, 2.75) is 38.8 Å². The molecule has 1 heterocycles. The third-order valence-electron chi connectivity index (χ3n) is 4.74. The quantitative estimate of drug-likeness (QED) is 0.906. The second-order valence-corrected chi connectivity index (χ2v) is 7.47. The molecule has 0 spiro atoms. The normalized spacial score (nSPS) is 25.7. The van der Waals surface area contributed by atoms with Gasteiger partial charge in [-0.15, -0.1) is 0 Å². The van der Waals surface area contributed by atoms with Crippen molar-refractivity contribution >= 4 is 22.0 Å². The average molecular weight is 362 g/mol. The Morgan fingerprint density at radius 1 is 1.32 bits per heavy atom. The highest BCUT2D eigenvalue weighted by Crippen LogP contribution is 2.50. The molecule has 1 aromatic carbocycles. The van der Waals surface area contributed by atoms with E-state index in [0.717, 1.165) is 28.5 Å². The van der Waals surface area contributed by atoms with Gasteiger partial charge >= 0.3 is 0 Å². The van der Waals surface area contributed by atoms with Crippen LogP contribution in [0, 0.1) is 5.41 Å². The Balaban J connectivity index is 1.97. The molecule has 1 aromatic heterocycles. The maximum atomic E-state index is 11.4. The first-order chi connectivity index (χ1) is 10.4. The van der Waals surface area contributed by atoms with Crippen molar-refractivity contribution < 1.29 is 5.11 Å². The topological polar surface area (TPSA) is 50.9 Å². The molecule has 0 amide bonds. The van der Waals surface area contributed by atoms with Crippen molar-refractivity contribution in [3.63, 3.8) is 0 Å². The number of aromatic nitrogens is 3. The Morgan fingerprint density at radius 2 is 2.05 bits per heavy atom. The van der Waals surface area contributed by atoms with Gasteiger partial charge in [0, 0.05) is 4.47 Å². The van der Waals surface area contributed by atoms with Crippen molar-refractivity contribution in [1.82, 2.24) is 14.8 Å². The molecule has 3 rings (SSSR count). The predicted molar refractivity (Wildman–Crippen MR) is 90.1 cm³/mol. The van der Waals surface area contributed by atoms with Crippen LogP contribution in [0.4, 0.5) is 0 Å². The van der Waals surface area contributed by atoms with Crippen molar-refractivity contribution in [2.75, 3.05) is 0 Å². The maximum absolute atomic E-state index is 11.4. The molecule has 1 unspecified atom stereocenters. The molecule has 0 aliphatic heterocycles. The molecule has 1 atom stereocenters. The van der Waals surface area contributed by atoms with Crippen LogP contribution in [0.1, 0.15) is 32.3 Å². The minimum Gasteiger partial charge on any atom is -0.383 e. The van der Waals surface area contributed by atoms with Gasteiger partial charge in [-0.1, -0.05) is 48.0 Å². The number of hydrogen-bond acceptors (Lipinski definition) is 3. The second-order valence-electron chi connectivity index (χ2n) is 6.56. The van der Waals surface area contributed by atoms with Gasteiger partial charge in [-0.3, -0.25) is 0 Å². The van der Waals surface area contributed by atoms with Crippen LogP contribution in [0.3, 0.4) is 0 Å². The van der Waals surface area contributed by atoms with Crippen molar-refractivity contribution in [3.8, 4) is 0 Å². The summed E-state index contributed by atoms with van der Waals surface area (Å²) in [5.74, 6) is 0. The zero-order valence-electron chi connectivity index (χ0n) is 12.8. The van der Waals surface area contributed by atoms with Gasteiger partial charge in [0.15, 0.2) is 0 Å². The summed E-state index contributed by atoms with van der Waals surface area (Å²) in [6, 6.07) is 8.14. The van der Waals surface area contributed by atoms with Gasteiger partial charge < -0.3 is 5.11 Å². The largest absolute Gasteiger partial charge is 0.383 e. The SMILES string of the molecule is CC1(C)CC/C(=C/c2ccc(Br)cc2)C1(O)Cn1cncn1. The Morgan fingerprint density at radius 3 is 2.68 bits per heavy atom. The maximum Gasteiger partial charge on any atom is 0.137 e. The van der Waals surface area contributed by atoms with Gasteiger partial charge in [0.25, 0.3) is 0 Å². The summed E-state index contributed by atoms with van der Waals surface area (Å²) in [4.78, 5) is 3.98. The highest BCUT2D eigenvalue weighted by atomic mass is 79.9. The molecular weight excluding hydrogens is 342 g/mol. The minimum atomic E-state index is -0.909. The number of aliphatic hydroxyl groups is 1. The molecule has 1 aliphatic rings. The standard InChI is InChI=1S/C17H20BrN3O/c1-16(2)8-7-14(9-13-3-5-15(18)6-4-13)17(16,22)10-21-12-19-11-20-21/h3-6,9,11-12,22H,7-8,10H2,1-2H3/b14-9-. The fourth-order valence-corrected chi connectivity index (χ4v) is 3.38.